The summed E-state index contributed by atoms with van der Waals surface area (Å²) in [4.78, 5) is 2.79. The van der Waals surface area contributed by atoms with Gasteiger partial charge >= 0.3 is 0 Å². The second-order valence-electron chi connectivity index (χ2n) is 6.80. The summed E-state index contributed by atoms with van der Waals surface area (Å²) in [5, 5.41) is 0. The lowest BCUT2D eigenvalue weighted by Crippen LogP contribution is -2.51. The molecule has 1 unspecified atom stereocenters. The summed E-state index contributed by atoms with van der Waals surface area (Å²) in [6.07, 6.45) is 0.992. The van der Waals surface area contributed by atoms with E-state index in [0.29, 0.717) is 24.0 Å². The first kappa shape index (κ1) is 18.1. The molecule has 2 aromatic rings. The van der Waals surface area contributed by atoms with E-state index >= 15 is 0 Å². The molecule has 0 N–H and O–H groups in total. The summed E-state index contributed by atoms with van der Waals surface area (Å²) >= 11 is 0. The number of hydrogen-bond donors (Lipinski definition) is 0. The molecule has 0 spiro atoms. The Morgan fingerprint density at radius 1 is 0.960 bits per heavy atom. The maximum Gasteiger partial charge on any atom is 0.243 e. The maximum absolute atomic E-state index is 12.8. The quantitative estimate of drug-likeness (QED) is 0.825. The smallest absolute Gasteiger partial charge is 0.243 e. The fourth-order valence-electron chi connectivity index (χ4n) is 3.39. The standard InChI is InChI=1S/C20H26N2O2S/c1-17-7-6-10-20(15-17)25(23,24)22-13-11-21(12-14-22)18(2)16-19-8-4-3-5-9-19/h3-10,15,18H,11-14,16H2,1-2H3. The molecule has 1 aliphatic rings. The number of hydrogen-bond acceptors (Lipinski definition) is 3. The minimum absolute atomic E-state index is 0.401. The molecule has 4 nitrogen and oxygen atoms in total. The van der Waals surface area contributed by atoms with Gasteiger partial charge in [0, 0.05) is 32.2 Å². The van der Waals surface area contributed by atoms with Crippen molar-refractivity contribution in [1.29, 1.82) is 0 Å². The van der Waals surface area contributed by atoms with Crippen LogP contribution >= 0.6 is 0 Å². The van der Waals surface area contributed by atoms with Crippen molar-refractivity contribution in [1.82, 2.24) is 9.21 Å². The van der Waals surface area contributed by atoms with Crippen molar-refractivity contribution in [3.63, 3.8) is 0 Å². The topological polar surface area (TPSA) is 40.6 Å². The maximum atomic E-state index is 12.8. The molecular weight excluding hydrogens is 332 g/mol. The Kier molecular flexibility index (Phi) is 5.57. The monoisotopic (exact) mass is 358 g/mol. The predicted octanol–water partition coefficient (Wildman–Crippen LogP) is 2.93. The van der Waals surface area contributed by atoms with Gasteiger partial charge in [0.1, 0.15) is 0 Å². The Bertz CT molecular complexity index is 797. The van der Waals surface area contributed by atoms with Gasteiger partial charge < -0.3 is 0 Å². The Morgan fingerprint density at radius 2 is 1.64 bits per heavy atom. The third-order valence-electron chi connectivity index (χ3n) is 4.90. The van der Waals surface area contributed by atoms with Crippen molar-refractivity contribution in [2.75, 3.05) is 26.2 Å². The molecule has 1 saturated heterocycles. The van der Waals surface area contributed by atoms with Crippen LogP contribution in [0.3, 0.4) is 0 Å². The van der Waals surface area contributed by atoms with E-state index in [0.717, 1.165) is 25.1 Å². The van der Waals surface area contributed by atoms with Crippen molar-refractivity contribution in [3.05, 3.63) is 65.7 Å². The SMILES string of the molecule is Cc1cccc(S(=O)(=O)N2CCN(C(C)Cc3ccccc3)CC2)c1. The van der Waals surface area contributed by atoms with Gasteiger partial charge in [-0.15, -0.1) is 0 Å². The van der Waals surface area contributed by atoms with Gasteiger partial charge in [-0.3, -0.25) is 4.90 Å². The second-order valence-corrected chi connectivity index (χ2v) is 8.73. The highest BCUT2D eigenvalue weighted by Gasteiger charge is 2.29. The lowest BCUT2D eigenvalue weighted by Gasteiger charge is -2.37. The average molecular weight is 359 g/mol. The van der Waals surface area contributed by atoms with Crippen LogP contribution in [0.5, 0.6) is 0 Å². The average Bonchev–Trinajstić information content (AvgIpc) is 2.62. The molecule has 0 radical (unpaired) electrons. The predicted molar refractivity (Wildman–Crippen MR) is 101 cm³/mol. The van der Waals surface area contributed by atoms with E-state index in [2.05, 4.69) is 36.1 Å². The molecule has 1 atom stereocenters. The van der Waals surface area contributed by atoms with E-state index < -0.39 is 10.0 Å². The van der Waals surface area contributed by atoms with Crippen LogP contribution in [0.4, 0.5) is 0 Å². The molecule has 25 heavy (non-hydrogen) atoms. The van der Waals surface area contributed by atoms with Crippen LogP contribution in [0.25, 0.3) is 0 Å². The Balaban J connectivity index is 1.61. The molecule has 0 amide bonds. The number of rotatable bonds is 5. The van der Waals surface area contributed by atoms with Crippen molar-refractivity contribution in [3.8, 4) is 0 Å². The van der Waals surface area contributed by atoms with E-state index in [9.17, 15) is 8.42 Å². The number of benzene rings is 2. The van der Waals surface area contributed by atoms with Crippen molar-refractivity contribution >= 4 is 10.0 Å². The fraction of sp³-hybridized carbons (Fsp3) is 0.400. The molecule has 0 aromatic heterocycles. The molecule has 0 saturated carbocycles. The van der Waals surface area contributed by atoms with Gasteiger partial charge in [-0.1, -0.05) is 42.5 Å². The number of nitrogens with zero attached hydrogens (tertiary/aromatic N) is 2. The summed E-state index contributed by atoms with van der Waals surface area (Å²) in [5.41, 5.74) is 2.29. The first-order valence-corrected chi connectivity index (χ1v) is 10.3. The minimum atomic E-state index is -3.39. The van der Waals surface area contributed by atoms with Gasteiger partial charge in [0.2, 0.25) is 10.0 Å². The van der Waals surface area contributed by atoms with Gasteiger partial charge in [0.05, 0.1) is 4.90 Å². The Hall–Kier alpha value is -1.69. The van der Waals surface area contributed by atoms with Crippen LogP contribution in [0, 0.1) is 6.92 Å². The van der Waals surface area contributed by atoms with Crippen LogP contribution in [-0.4, -0.2) is 49.8 Å². The highest BCUT2D eigenvalue weighted by Crippen LogP contribution is 2.20. The van der Waals surface area contributed by atoms with Gasteiger partial charge in [-0.25, -0.2) is 8.42 Å². The molecule has 0 bridgehead atoms. The van der Waals surface area contributed by atoms with Crippen LogP contribution in [0.2, 0.25) is 0 Å². The molecule has 2 aromatic carbocycles. The molecule has 0 aliphatic carbocycles. The van der Waals surface area contributed by atoms with Crippen molar-refractivity contribution in [2.24, 2.45) is 0 Å². The van der Waals surface area contributed by atoms with Gasteiger partial charge in [0.15, 0.2) is 0 Å². The molecule has 3 rings (SSSR count). The first-order chi connectivity index (χ1) is 12.0. The minimum Gasteiger partial charge on any atom is -0.298 e. The van der Waals surface area contributed by atoms with Crippen molar-refractivity contribution in [2.45, 2.75) is 31.2 Å². The summed E-state index contributed by atoms with van der Waals surface area (Å²) in [6, 6.07) is 18.0. The number of sulfonamides is 1. The highest BCUT2D eigenvalue weighted by atomic mass is 32.2. The third-order valence-corrected chi connectivity index (χ3v) is 6.79. The fourth-order valence-corrected chi connectivity index (χ4v) is 4.92. The third kappa shape index (κ3) is 4.29. The summed E-state index contributed by atoms with van der Waals surface area (Å²) in [6.45, 7) is 6.79. The zero-order chi connectivity index (χ0) is 17.9. The van der Waals surface area contributed by atoms with Crippen LogP contribution in [-0.2, 0) is 16.4 Å². The lowest BCUT2D eigenvalue weighted by molar-refractivity contribution is 0.145. The molecule has 134 valence electrons. The van der Waals surface area contributed by atoms with Crippen LogP contribution in [0.15, 0.2) is 59.5 Å². The largest absolute Gasteiger partial charge is 0.298 e. The van der Waals surface area contributed by atoms with E-state index in [4.69, 9.17) is 0 Å². The molecule has 1 aliphatic heterocycles. The number of piperazine rings is 1. The number of aryl methyl sites for hydroxylation is 1. The van der Waals surface area contributed by atoms with E-state index in [-0.39, 0.29) is 0 Å². The van der Waals surface area contributed by atoms with Crippen LogP contribution in [0.1, 0.15) is 18.1 Å². The molecule has 1 fully saturated rings. The first-order valence-electron chi connectivity index (χ1n) is 8.81. The van der Waals surface area contributed by atoms with Crippen LogP contribution < -0.4 is 0 Å². The highest BCUT2D eigenvalue weighted by molar-refractivity contribution is 7.89. The van der Waals surface area contributed by atoms with E-state index in [1.807, 2.05) is 19.1 Å². The molecular formula is C20H26N2O2S. The van der Waals surface area contributed by atoms with Gasteiger partial charge in [-0.2, -0.15) is 4.31 Å². The Morgan fingerprint density at radius 3 is 2.28 bits per heavy atom. The van der Waals surface area contributed by atoms with E-state index in [1.165, 1.54) is 5.56 Å². The van der Waals surface area contributed by atoms with Crippen molar-refractivity contribution < 1.29 is 8.42 Å². The van der Waals surface area contributed by atoms with Gasteiger partial charge in [0.25, 0.3) is 0 Å². The molecule has 5 heteroatoms. The summed E-state index contributed by atoms with van der Waals surface area (Å²) in [7, 11) is -3.39. The van der Waals surface area contributed by atoms with E-state index in [1.54, 1.807) is 22.5 Å². The zero-order valence-corrected chi connectivity index (χ0v) is 15.7. The zero-order valence-electron chi connectivity index (χ0n) is 14.9. The normalized spacial score (nSPS) is 18.2. The molecule has 1 heterocycles. The lowest BCUT2D eigenvalue weighted by atomic mass is 10.1. The summed E-state index contributed by atoms with van der Waals surface area (Å²) < 4.78 is 27.2. The second kappa shape index (κ2) is 7.68. The van der Waals surface area contributed by atoms with Gasteiger partial charge in [-0.05, 0) is 43.5 Å². The Labute approximate surface area is 151 Å². The summed E-state index contributed by atoms with van der Waals surface area (Å²) in [5.74, 6) is 0.